The fourth-order valence-electron chi connectivity index (χ4n) is 4.33. The fourth-order valence-corrected chi connectivity index (χ4v) is 4.33. The quantitative estimate of drug-likeness (QED) is 0.317. The van der Waals surface area contributed by atoms with Crippen molar-refractivity contribution < 1.29 is 28.7 Å². The van der Waals surface area contributed by atoms with Crippen molar-refractivity contribution in [2.75, 3.05) is 6.54 Å². The molecule has 0 aromatic carbocycles. The molecular formula is C22H26N2O6. The number of ketones is 2. The first-order chi connectivity index (χ1) is 14.1. The molecule has 0 radical (unpaired) electrons. The van der Waals surface area contributed by atoms with E-state index in [0.29, 0.717) is 29.7 Å². The molecule has 2 heterocycles. The molecular weight excluding hydrogens is 388 g/mol. The Hall–Kier alpha value is -3.03. The number of imide groups is 1. The molecule has 1 fully saturated rings. The van der Waals surface area contributed by atoms with Gasteiger partial charge in [-0.25, -0.2) is 0 Å². The summed E-state index contributed by atoms with van der Waals surface area (Å²) in [5.41, 5.74) is 1.81. The summed E-state index contributed by atoms with van der Waals surface area (Å²) in [4.78, 5) is 65.6. The summed E-state index contributed by atoms with van der Waals surface area (Å²) in [6.45, 7) is 6.19. The van der Waals surface area contributed by atoms with E-state index in [2.05, 4.69) is 4.98 Å². The minimum atomic E-state index is -1.06. The zero-order valence-electron chi connectivity index (χ0n) is 17.6. The molecule has 1 aliphatic carbocycles. The minimum absolute atomic E-state index is 0.0560. The van der Waals surface area contributed by atoms with Gasteiger partial charge in [0.2, 0.25) is 17.6 Å². The summed E-state index contributed by atoms with van der Waals surface area (Å²) in [6.07, 6.45) is 3.64. The highest BCUT2D eigenvalue weighted by Crippen LogP contribution is 2.35. The van der Waals surface area contributed by atoms with Crippen molar-refractivity contribution in [3.63, 3.8) is 0 Å². The number of hydrogen-bond acceptors (Lipinski definition) is 6. The lowest BCUT2D eigenvalue weighted by molar-refractivity contribution is -0.147. The Kier molecular flexibility index (Phi) is 6.05. The summed E-state index contributed by atoms with van der Waals surface area (Å²) >= 11 is 0. The van der Waals surface area contributed by atoms with Gasteiger partial charge in [-0.3, -0.25) is 28.9 Å². The van der Waals surface area contributed by atoms with Gasteiger partial charge in [0.25, 0.3) is 0 Å². The fraction of sp³-hybridized carbons (Fsp3) is 0.500. The van der Waals surface area contributed by atoms with E-state index in [1.807, 2.05) is 12.2 Å². The predicted molar refractivity (Wildman–Crippen MR) is 107 cm³/mol. The molecule has 3 atom stereocenters. The van der Waals surface area contributed by atoms with Gasteiger partial charge in [0.1, 0.15) is 0 Å². The maximum atomic E-state index is 12.7. The van der Waals surface area contributed by atoms with E-state index >= 15 is 0 Å². The van der Waals surface area contributed by atoms with Gasteiger partial charge in [-0.15, -0.1) is 0 Å². The van der Waals surface area contributed by atoms with Gasteiger partial charge in [-0.05, 0) is 46.1 Å². The lowest BCUT2D eigenvalue weighted by Gasteiger charge is -2.16. The number of nitrogens with zero attached hydrogens (tertiary/aromatic N) is 1. The van der Waals surface area contributed by atoms with E-state index in [-0.39, 0.29) is 48.1 Å². The molecule has 1 aromatic heterocycles. The Morgan fingerprint density at radius 2 is 1.70 bits per heavy atom. The van der Waals surface area contributed by atoms with Crippen molar-refractivity contribution >= 4 is 29.4 Å². The van der Waals surface area contributed by atoms with Crippen LogP contribution in [0.1, 0.15) is 65.2 Å². The molecule has 2 aliphatic rings. The number of carbonyl (C=O) groups excluding carboxylic acids is 5. The highest BCUT2D eigenvalue weighted by molar-refractivity contribution is 6.06. The maximum Gasteiger partial charge on any atom is 0.308 e. The van der Waals surface area contributed by atoms with Crippen LogP contribution >= 0.6 is 0 Å². The Labute approximate surface area is 174 Å². The molecule has 8 nitrogen and oxygen atoms in total. The number of esters is 1. The van der Waals surface area contributed by atoms with Crippen molar-refractivity contribution in [3.05, 3.63) is 34.7 Å². The second-order valence-corrected chi connectivity index (χ2v) is 7.91. The number of ether oxygens (including phenoxy) is 1. The first kappa shape index (κ1) is 21.7. The Morgan fingerprint density at radius 3 is 2.20 bits per heavy atom. The van der Waals surface area contributed by atoms with Gasteiger partial charge in [0.05, 0.1) is 24.0 Å². The summed E-state index contributed by atoms with van der Waals surface area (Å²) < 4.78 is 5.23. The number of H-pyrrole nitrogens is 1. The highest BCUT2D eigenvalue weighted by atomic mass is 16.5. The summed E-state index contributed by atoms with van der Waals surface area (Å²) in [5.74, 6) is -2.44. The highest BCUT2D eigenvalue weighted by Gasteiger charge is 2.47. The average Bonchev–Trinajstić information content (AvgIpc) is 3.13. The molecule has 1 aromatic rings. The van der Waals surface area contributed by atoms with E-state index in [0.717, 1.165) is 4.90 Å². The van der Waals surface area contributed by atoms with Crippen LogP contribution in [0, 0.1) is 25.7 Å². The number of Topliss-reactive ketones (excluding diaryl/α,β-unsaturated/α-hetero) is 2. The molecule has 1 N–H and O–H groups in total. The molecule has 1 saturated heterocycles. The average molecular weight is 414 g/mol. The number of aromatic nitrogens is 1. The third kappa shape index (κ3) is 3.86. The Morgan fingerprint density at radius 1 is 1.13 bits per heavy atom. The third-order valence-corrected chi connectivity index (χ3v) is 5.85. The molecule has 1 aliphatic heterocycles. The first-order valence-corrected chi connectivity index (χ1v) is 10.1. The van der Waals surface area contributed by atoms with Crippen molar-refractivity contribution in [3.8, 4) is 0 Å². The van der Waals surface area contributed by atoms with Crippen molar-refractivity contribution in [2.45, 2.75) is 53.1 Å². The zero-order valence-corrected chi connectivity index (χ0v) is 17.6. The monoisotopic (exact) mass is 414 g/mol. The maximum absolute atomic E-state index is 12.7. The Balaban J connectivity index is 1.58. The van der Waals surface area contributed by atoms with Crippen molar-refractivity contribution in [2.24, 2.45) is 11.8 Å². The van der Waals surface area contributed by atoms with E-state index in [4.69, 9.17) is 4.74 Å². The van der Waals surface area contributed by atoms with Gasteiger partial charge in [-0.1, -0.05) is 12.2 Å². The largest absolute Gasteiger partial charge is 0.454 e. The smallest absolute Gasteiger partial charge is 0.308 e. The van der Waals surface area contributed by atoms with Crippen molar-refractivity contribution in [1.29, 1.82) is 0 Å². The van der Waals surface area contributed by atoms with E-state index in [9.17, 15) is 24.0 Å². The number of nitrogens with one attached hydrogen (secondary N) is 1. The number of aromatic amines is 1. The van der Waals surface area contributed by atoms with Gasteiger partial charge in [0, 0.05) is 17.8 Å². The second-order valence-electron chi connectivity index (χ2n) is 7.91. The van der Waals surface area contributed by atoms with Gasteiger partial charge in [0.15, 0.2) is 11.9 Å². The van der Waals surface area contributed by atoms with Crippen LogP contribution in [-0.4, -0.2) is 51.9 Å². The molecule has 3 rings (SSSR count). The number of fused-ring (bicyclic) bond motifs is 1. The standard InChI is InChI=1S/C22H26N2O6/c1-11-18(13(3)25)12(2)23-19(11)20(27)14(4)30-17(26)9-10-24-21(28)15-7-5-6-8-16(15)22(24)29/h5-6,14-16,23H,7-10H2,1-4H3/t14-,15+,16+/m1/s1. The van der Waals surface area contributed by atoms with Crippen molar-refractivity contribution in [1.82, 2.24) is 9.88 Å². The SMILES string of the molecule is CC(=O)c1c(C)[nH]c(C(=O)[C@@H](C)OC(=O)CCN2C(=O)[C@H]3CC=CC[C@@H]3C2=O)c1C. The summed E-state index contributed by atoms with van der Waals surface area (Å²) in [7, 11) is 0. The summed E-state index contributed by atoms with van der Waals surface area (Å²) in [6, 6.07) is 0. The number of carbonyl (C=O) groups is 5. The number of rotatable bonds is 7. The van der Waals surface area contributed by atoms with Crippen LogP contribution in [0.3, 0.4) is 0 Å². The minimum Gasteiger partial charge on any atom is -0.454 e. The van der Waals surface area contributed by atoms with E-state index in [1.54, 1.807) is 13.8 Å². The van der Waals surface area contributed by atoms with Crippen LogP contribution in [0.25, 0.3) is 0 Å². The predicted octanol–water partition coefficient (Wildman–Crippen LogP) is 2.29. The summed E-state index contributed by atoms with van der Waals surface area (Å²) in [5, 5.41) is 0. The van der Waals surface area contributed by atoms with E-state index in [1.165, 1.54) is 13.8 Å². The topological polar surface area (TPSA) is 114 Å². The molecule has 0 saturated carbocycles. The molecule has 0 spiro atoms. The number of amides is 2. The van der Waals surface area contributed by atoms with Gasteiger partial charge >= 0.3 is 5.97 Å². The number of aryl methyl sites for hydroxylation is 1. The first-order valence-electron chi connectivity index (χ1n) is 10.1. The molecule has 0 bridgehead atoms. The molecule has 30 heavy (non-hydrogen) atoms. The lowest BCUT2D eigenvalue weighted by Crippen LogP contribution is -2.34. The van der Waals surface area contributed by atoms with Crippen LogP contribution in [0.4, 0.5) is 0 Å². The molecule has 2 amide bonds. The zero-order chi connectivity index (χ0) is 22.2. The number of likely N-dealkylation sites (tertiary alicyclic amines) is 1. The van der Waals surface area contributed by atoms with E-state index < -0.39 is 17.9 Å². The third-order valence-electron chi connectivity index (χ3n) is 5.85. The molecule has 160 valence electrons. The van der Waals surface area contributed by atoms with Crippen LogP contribution in [-0.2, 0) is 19.1 Å². The molecule has 8 heteroatoms. The van der Waals surface area contributed by atoms with Gasteiger partial charge in [-0.2, -0.15) is 0 Å². The Bertz CT molecular complexity index is 931. The lowest BCUT2D eigenvalue weighted by atomic mass is 9.85. The second kappa shape index (κ2) is 8.38. The van der Waals surface area contributed by atoms with Gasteiger partial charge < -0.3 is 9.72 Å². The number of hydrogen-bond donors (Lipinski definition) is 1. The van der Waals surface area contributed by atoms with Crippen LogP contribution < -0.4 is 0 Å². The molecule has 0 unspecified atom stereocenters. The van der Waals surface area contributed by atoms with Crippen LogP contribution in [0.15, 0.2) is 12.2 Å². The van der Waals surface area contributed by atoms with Crippen LogP contribution in [0.2, 0.25) is 0 Å². The number of allylic oxidation sites excluding steroid dienone is 2. The normalized spacial score (nSPS) is 21.5. The van der Waals surface area contributed by atoms with Crippen LogP contribution in [0.5, 0.6) is 0 Å².